The Morgan fingerprint density at radius 1 is 0.950 bits per heavy atom. The summed E-state index contributed by atoms with van der Waals surface area (Å²) in [4.78, 5) is 0. The Morgan fingerprint density at radius 2 is 1.75 bits per heavy atom. The Morgan fingerprint density at radius 3 is 2.50 bits per heavy atom. The monoisotopic (exact) mass is 268 g/mol. The van der Waals surface area contributed by atoms with E-state index < -0.39 is 0 Å². The van der Waals surface area contributed by atoms with E-state index in [2.05, 4.69) is 41.2 Å². The molecule has 2 aromatic heterocycles. The molecule has 8 rings (SSSR count). The third kappa shape index (κ3) is 0.523. The molecule has 0 amide bonds. The van der Waals surface area contributed by atoms with E-state index >= 15 is 0 Å². The van der Waals surface area contributed by atoms with Crippen LogP contribution in [0.5, 0.6) is 0 Å². The Labute approximate surface area is 113 Å². The Balaban J connectivity index is 1.59. The van der Waals surface area contributed by atoms with Gasteiger partial charge in [-0.2, -0.15) is 10.4 Å². The molecule has 0 saturated heterocycles. The molecule has 8 nitrogen and oxygen atoms in total. The molecule has 0 radical (unpaired) electrons. The van der Waals surface area contributed by atoms with Crippen LogP contribution in [-0.4, -0.2) is 41.2 Å². The zero-order valence-corrected chi connectivity index (χ0v) is 10.6. The lowest BCUT2D eigenvalue weighted by molar-refractivity contribution is -0.219. The van der Waals surface area contributed by atoms with Crippen molar-refractivity contribution in [2.45, 2.75) is 23.7 Å². The van der Waals surface area contributed by atoms with Gasteiger partial charge in [0.2, 0.25) is 0 Å². The predicted octanol–water partition coefficient (Wildman–Crippen LogP) is -0.566. The second kappa shape index (κ2) is 2.29. The molecule has 6 fully saturated rings. The predicted molar refractivity (Wildman–Crippen MR) is 61.9 cm³/mol. The van der Waals surface area contributed by atoms with Crippen LogP contribution in [0.1, 0.15) is 24.5 Å². The van der Waals surface area contributed by atoms with Crippen molar-refractivity contribution < 1.29 is 0 Å². The number of hydrogen-bond donors (Lipinski definition) is 2. The first-order valence-corrected chi connectivity index (χ1v) is 7.38. The van der Waals surface area contributed by atoms with E-state index in [9.17, 15) is 0 Å². The average molecular weight is 268 g/mol. The van der Waals surface area contributed by atoms with Gasteiger partial charge in [-0.3, -0.25) is 0 Å². The first-order chi connectivity index (χ1) is 9.90. The first kappa shape index (κ1) is 9.15. The fraction of sp³-hybridized carbons (Fsp3) is 0.833. The van der Waals surface area contributed by atoms with Crippen molar-refractivity contribution in [3.05, 3.63) is 11.6 Å². The summed E-state index contributed by atoms with van der Waals surface area (Å²) in [5.74, 6) is 6.65. The summed E-state index contributed by atoms with van der Waals surface area (Å²) in [6.45, 7) is 0. The lowest BCUT2D eigenvalue weighted by Gasteiger charge is -2.73. The first-order valence-electron chi connectivity index (χ1n) is 7.38. The average Bonchev–Trinajstić information content (AvgIpc) is 3.17. The SMILES string of the molecule is C1C2C3C4CC5(c6nn[nH]n6)C3C2C5(c2nn[nH]n2)C14. The molecule has 2 N–H and O–H groups in total. The van der Waals surface area contributed by atoms with Gasteiger partial charge in [-0.25, -0.2) is 0 Å². The second-order valence-electron chi connectivity index (χ2n) is 7.31. The molecule has 2 heterocycles. The van der Waals surface area contributed by atoms with Crippen molar-refractivity contribution in [2.75, 3.05) is 0 Å². The van der Waals surface area contributed by atoms with E-state index in [4.69, 9.17) is 0 Å². The largest absolute Gasteiger partial charge is 0.182 e. The lowest BCUT2D eigenvalue weighted by Crippen LogP contribution is -2.78. The lowest BCUT2D eigenvalue weighted by atomic mass is 9.28. The molecular formula is C12H12N8. The van der Waals surface area contributed by atoms with Crippen LogP contribution in [0.4, 0.5) is 0 Å². The van der Waals surface area contributed by atoms with Crippen molar-refractivity contribution in [1.82, 2.24) is 41.2 Å². The van der Waals surface area contributed by atoms with Crippen LogP contribution in [0, 0.1) is 35.5 Å². The third-order valence-electron chi connectivity index (χ3n) is 7.73. The molecular weight excluding hydrogens is 256 g/mol. The summed E-state index contributed by atoms with van der Waals surface area (Å²) in [5.41, 5.74) is 0.0974. The third-order valence-corrected chi connectivity index (χ3v) is 7.73. The summed E-state index contributed by atoms with van der Waals surface area (Å²) in [5, 5.41) is 30.5. The molecule has 0 spiro atoms. The minimum Gasteiger partial charge on any atom is -0.177 e. The van der Waals surface area contributed by atoms with E-state index in [0.717, 1.165) is 41.2 Å². The minimum absolute atomic E-state index is 0.0432. The number of tetrazole rings is 2. The van der Waals surface area contributed by atoms with Gasteiger partial charge >= 0.3 is 0 Å². The molecule has 4 bridgehead atoms. The number of rotatable bonds is 2. The molecule has 8 heteroatoms. The maximum Gasteiger partial charge on any atom is 0.182 e. The topological polar surface area (TPSA) is 109 Å². The van der Waals surface area contributed by atoms with Gasteiger partial charge in [0.1, 0.15) is 0 Å². The van der Waals surface area contributed by atoms with E-state index in [1.807, 2.05) is 0 Å². The highest BCUT2D eigenvalue weighted by molar-refractivity contribution is 5.55. The summed E-state index contributed by atoms with van der Waals surface area (Å²) >= 11 is 0. The van der Waals surface area contributed by atoms with Crippen LogP contribution < -0.4 is 0 Å². The van der Waals surface area contributed by atoms with Gasteiger partial charge in [0.25, 0.3) is 0 Å². The van der Waals surface area contributed by atoms with E-state index in [1.165, 1.54) is 12.8 Å². The van der Waals surface area contributed by atoms with Crippen molar-refractivity contribution in [2.24, 2.45) is 35.5 Å². The smallest absolute Gasteiger partial charge is 0.177 e. The molecule has 6 saturated carbocycles. The van der Waals surface area contributed by atoms with Crippen molar-refractivity contribution >= 4 is 0 Å². The zero-order valence-electron chi connectivity index (χ0n) is 10.6. The zero-order chi connectivity index (χ0) is 12.7. The molecule has 0 aliphatic heterocycles. The molecule has 100 valence electrons. The van der Waals surface area contributed by atoms with Crippen LogP contribution in [0.25, 0.3) is 0 Å². The highest BCUT2D eigenvalue weighted by Gasteiger charge is 2.98. The second-order valence-corrected chi connectivity index (χ2v) is 7.31. The summed E-state index contributed by atoms with van der Waals surface area (Å²) < 4.78 is 0. The molecule has 8 atom stereocenters. The normalized spacial score (nSPS) is 59.0. The molecule has 20 heavy (non-hydrogen) atoms. The highest BCUT2D eigenvalue weighted by Crippen LogP contribution is 2.96. The number of nitrogens with zero attached hydrogens (tertiary/aromatic N) is 6. The van der Waals surface area contributed by atoms with Crippen LogP contribution in [-0.2, 0) is 10.8 Å². The number of hydrogen-bond acceptors (Lipinski definition) is 6. The number of nitrogens with one attached hydrogen (secondary N) is 2. The van der Waals surface area contributed by atoms with Crippen molar-refractivity contribution in [1.29, 1.82) is 0 Å². The van der Waals surface area contributed by atoms with E-state index in [1.54, 1.807) is 0 Å². The van der Waals surface area contributed by atoms with Gasteiger partial charge in [0.05, 0.1) is 10.8 Å². The molecule has 2 aromatic rings. The number of aromatic nitrogens is 8. The summed E-state index contributed by atoms with van der Waals surface area (Å²) in [7, 11) is 0. The van der Waals surface area contributed by atoms with Gasteiger partial charge < -0.3 is 0 Å². The molecule has 6 aliphatic carbocycles. The minimum atomic E-state index is 0.0432. The maximum absolute atomic E-state index is 4.40. The van der Waals surface area contributed by atoms with Gasteiger partial charge in [-0.05, 0) is 48.3 Å². The molecule has 8 unspecified atom stereocenters. The fourth-order valence-electron chi connectivity index (χ4n) is 7.91. The van der Waals surface area contributed by atoms with Crippen LogP contribution in [0.15, 0.2) is 0 Å². The number of aromatic amines is 2. The van der Waals surface area contributed by atoms with Crippen molar-refractivity contribution in [3.63, 3.8) is 0 Å². The maximum atomic E-state index is 4.40. The van der Waals surface area contributed by atoms with Crippen LogP contribution in [0.3, 0.4) is 0 Å². The fourth-order valence-corrected chi connectivity index (χ4v) is 7.91. The Kier molecular flexibility index (Phi) is 1.05. The van der Waals surface area contributed by atoms with Gasteiger partial charge in [-0.1, -0.05) is 10.4 Å². The Hall–Kier alpha value is -1.86. The molecule has 6 aliphatic rings. The van der Waals surface area contributed by atoms with Gasteiger partial charge in [0.15, 0.2) is 11.6 Å². The van der Waals surface area contributed by atoms with Crippen LogP contribution >= 0.6 is 0 Å². The van der Waals surface area contributed by atoms with Gasteiger partial charge in [-0.15, -0.1) is 20.4 Å². The summed E-state index contributed by atoms with van der Waals surface area (Å²) in [6, 6.07) is 0. The van der Waals surface area contributed by atoms with Crippen LogP contribution in [0.2, 0.25) is 0 Å². The standard InChI is InChI=1S/C12H12N8/c1-3-6-4-2-11(9-13-17-18-14-9)8(6)7(3)12(11,5(1)4)10-15-19-20-16-10/h3-8H,1-2H2,(H,13,14,17,18)(H,15,16,19,20). The highest BCUT2D eigenvalue weighted by atomic mass is 15.5. The number of H-pyrrole nitrogens is 2. The van der Waals surface area contributed by atoms with E-state index in [0.29, 0.717) is 5.92 Å². The van der Waals surface area contributed by atoms with Crippen molar-refractivity contribution in [3.8, 4) is 0 Å². The van der Waals surface area contributed by atoms with E-state index in [-0.39, 0.29) is 10.8 Å². The molecule has 0 aromatic carbocycles. The van der Waals surface area contributed by atoms with Gasteiger partial charge in [0, 0.05) is 0 Å². The Bertz CT molecular complexity index is 740. The quantitative estimate of drug-likeness (QED) is 0.755. The summed E-state index contributed by atoms with van der Waals surface area (Å²) in [6.07, 6.45) is 2.55.